The minimum Gasteiger partial charge on any atom is -0.252 e. The molecule has 284 valence electrons. The van der Waals surface area contributed by atoms with Crippen LogP contribution in [0.5, 0.6) is 0 Å². The van der Waals surface area contributed by atoms with Gasteiger partial charge in [-0.2, -0.15) is 0 Å². The zero-order valence-electron chi connectivity index (χ0n) is 33.2. The number of hydrogen-bond donors (Lipinski definition) is 0. The lowest BCUT2D eigenvalue weighted by Crippen LogP contribution is -2.32. The van der Waals surface area contributed by atoms with Gasteiger partial charge >= 0.3 is 0 Å². The van der Waals surface area contributed by atoms with Gasteiger partial charge in [0.1, 0.15) is 0 Å². The Morgan fingerprint density at radius 3 is 1.57 bits per heavy atom. The first kappa shape index (κ1) is 34.4. The Hall–Kier alpha value is -7.46. The van der Waals surface area contributed by atoms with Gasteiger partial charge in [0.25, 0.3) is 0 Å². The Balaban J connectivity index is 0.973. The largest absolute Gasteiger partial charge is 0.252 e. The van der Waals surface area contributed by atoms with Crippen molar-refractivity contribution in [2.24, 2.45) is 0 Å². The van der Waals surface area contributed by atoms with Crippen LogP contribution in [0.25, 0.3) is 119 Å². The molecule has 10 aromatic carbocycles. The van der Waals surface area contributed by atoms with Crippen LogP contribution in [0.4, 0.5) is 0 Å². The van der Waals surface area contributed by atoms with E-state index in [0.29, 0.717) is 0 Å². The van der Waals surface area contributed by atoms with Gasteiger partial charge in [-0.1, -0.05) is 182 Å². The summed E-state index contributed by atoms with van der Waals surface area (Å²) in [5.74, 6) is 0. The van der Waals surface area contributed by atoms with Crippen molar-refractivity contribution in [2.45, 2.75) is 12.8 Å². The normalized spacial score (nSPS) is 12.9. The minimum atomic E-state index is 0.919. The van der Waals surface area contributed by atoms with Crippen LogP contribution in [0.2, 0.25) is 0 Å². The van der Waals surface area contributed by atoms with Crippen molar-refractivity contribution in [3.63, 3.8) is 0 Å². The maximum Gasteiger partial charge on any atom is 0.0979 e. The fourth-order valence-corrected chi connectivity index (χ4v) is 11.6. The van der Waals surface area contributed by atoms with Crippen LogP contribution < -0.4 is 10.4 Å². The van der Waals surface area contributed by atoms with Crippen LogP contribution in [0.3, 0.4) is 0 Å². The van der Waals surface area contributed by atoms with Crippen molar-refractivity contribution in [2.75, 3.05) is 0 Å². The Morgan fingerprint density at radius 2 is 0.869 bits per heavy atom. The Morgan fingerprint density at radius 1 is 0.377 bits per heavy atom. The maximum absolute atomic E-state index is 5.44. The summed E-state index contributed by atoms with van der Waals surface area (Å²) in [5.41, 5.74) is 11.7. The lowest BCUT2D eigenvalue weighted by molar-refractivity contribution is 1.05. The molecule has 61 heavy (non-hydrogen) atoms. The average Bonchev–Trinajstić information content (AvgIpc) is 3.72. The van der Waals surface area contributed by atoms with Crippen LogP contribution in [0, 0.1) is 0 Å². The van der Waals surface area contributed by atoms with Crippen LogP contribution in [-0.4, -0.2) is 9.97 Å². The van der Waals surface area contributed by atoms with Crippen molar-refractivity contribution in [1.82, 2.24) is 9.97 Å². The molecule has 0 unspecified atom stereocenters. The van der Waals surface area contributed by atoms with Crippen molar-refractivity contribution in [1.29, 1.82) is 0 Å². The summed E-state index contributed by atoms with van der Waals surface area (Å²) in [7, 11) is 0. The summed E-state index contributed by atoms with van der Waals surface area (Å²) in [6, 6.07) is 66.8. The fraction of sp³-hybridized carbons (Fsp3) is 0.0345. The van der Waals surface area contributed by atoms with E-state index in [2.05, 4.69) is 188 Å². The summed E-state index contributed by atoms with van der Waals surface area (Å²) in [6.45, 7) is 0. The topological polar surface area (TPSA) is 25.8 Å². The quantitative estimate of drug-likeness (QED) is 0.166. The van der Waals surface area contributed by atoms with Crippen molar-refractivity contribution < 1.29 is 0 Å². The van der Waals surface area contributed by atoms with E-state index in [1.807, 2.05) is 17.5 Å². The SMILES string of the molecule is C1=c2c(-c3cccc4c(-c5ccc(-c6cccc7c6sc6ccccc67)c6ccccc56)cccc34)cccc2=C(c2cnc3c4ccccc4c4ccccc4c3n2)CC1. The van der Waals surface area contributed by atoms with E-state index in [4.69, 9.17) is 9.97 Å². The molecule has 2 heterocycles. The average molecular weight is 793 g/mol. The van der Waals surface area contributed by atoms with Gasteiger partial charge in [0.15, 0.2) is 0 Å². The standard InChI is InChI=1S/C58H36N2S/c1-2-15-36-35(14-1)46(32-33-47(36)52-29-13-30-53-49-18-7-8-31-55(49)61-58(52)53)42-25-10-22-38-37(21-9-23-40(38)42)39-24-11-27-43-41(39)26-12-28-48(43)54-34-59-56-50-19-5-3-16-44(50)45-17-4-6-20-51(45)57(56)60-54/h1-11,13-27,29-34H,12,28H2. The van der Waals surface area contributed by atoms with E-state index < -0.39 is 0 Å². The molecule has 3 heteroatoms. The first-order chi connectivity index (χ1) is 30.3. The third-order valence-corrected chi connectivity index (χ3v) is 14.3. The molecule has 2 nitrogen and oxygen atoms in total. The molecule has 0 N–H and O–H groups in total. The summed E-state index contributed by atoms with van der Waals surface area (Å²) in [4.78, 5) is 10.6. The number of hydrogen-bond acceptors (Lipinski definition) is 3. The molecule has 0 atom stereocenters. The number of rotatable bonds is 4. The molecule has 0 saturated heterocycles. The van der Waals surface area contributed by atoms with Crippen LogP contribution in [0.1, 0.15) is 18.5 Å². The van der Waals surface area contributed by atoms with E-state index in [9.17, 15) is 0 Å². The van der Waals surface area contributed by atoms with Gasteiger partial charge < -0.3 is 0 Å². The smallest absolute Gasteiger partial charge is 0.0979 e. The highest BCUT2D eigenvalue weighted by Gasteiger charge is 2.19. The molecule has 0 amide bonds. The number of thiophene rings is 1. The van der Waals surface area contributed by atoms with Gasteiger partial charge in [0, 0.05) is 36.5 Å². The maximum atomic E-state index is 5.44. The highest BCUT2D eigenvalue weighted by molar-refractivity contribution is 7.26. The van der Waals surface area contributed by atoms with E-state index in [0.717, 1.165) is 40.3 Å². The van der Waals surface area contributed by atoms with Crippen molar-refractivity contribution >= 4 is 97.3 Å². The first-order valence-corrected chi connectivity index (χ1v) is 21.9. The first-order valence-electron chi connectivity index (χ1n) is 21.1. The van der Waals surface area contributed by atoms with Crippen LogP contribution in [0.15, 0.2) is 188 Å². The molecule has 0 radical (unpaired) electrons. The fourth-order valence-electron chi connectivity index (χ4n) is 10.3. The zero-order chi connectivity index (χ0) is 40.0. The second-order valence-corrected chi connectivity index (χ2v) is 17.3. The monoisotopic (exact) mass is 792 g/mol. The lowest BCUT2D eigenvalue weighted by Gasteiger charge is -2.17. The molecule has 1 aliphatic carbocycles. The highest BCUT2D eigenvalue weighted by atomic mass is 32.1. The van der Waals surface area contributed by atoms with Crippen molar-refractivity contribution in [3.8, 4) is 33.4 Å². The minimum absolute atomic E-state index is 0.919. The molecule has 0 spiro atoms. The predicted octanol–water partition coefficient (Wildman–Crippen LogP) is 14.4. The third-order valence-electron chi connectivity index (χ3n) is 13.0. The summed E-state index contributed by atoms with van der Waals surface area (Å²) in [5, 5.41) is 14.9. The molecule has 0 aliphatic heterocycles. The summed E-state index contributed by atoms with van der Waals surface area (Å²) in [6.07, 6.45) is 6.30. The molecule has 13 rings (SSSR count). The second-order valence-electron chi connectivity index (χ2n) is 16.2. The zero-order valence-corrected chi connectivity index (χ0v) is 34.0. The number of benzene rings is 10. The summed E-state index contributed by atoms with van der Waals surface area (Å²) >= 11 is 1.89. The van der Waals surface area contributed by atoms with Gasteiger partial charge in [0.2, 0.25) is 0 Å². The summed E-state index contributed by atoms with van der Waals surface area (Å²) < 4.78 is 2.67. The Labute approximate surface area is 356 Å². The predicted molar refractivity (Wildman–Crippen MR) is 261 cm³/mol. The molecule has 0 bridgehead atoms. The van der Waals surface area contributed by atoms with E-state index in [1.54, 1.807) is 0 Å². The van der Waals surface area contributed by atoms with Crippen LogP contribution in [-0.2, 0) is 0 Å². The molecule has 1 aliphatic rings. The van der Waals surface area contributed by atoms with Crippen LogP contribution >= 0.6 is 11.3 Å². The second kappa shape index (κ2) is 13.5. The van der Waals surface area contributed by atoms with E-state index in [-0.39, 0.29) is 0 Å². The molecule has 2 aromatic heterocycles. The third kappa shape index (κ3) is 5.21. The van der Waals surface area contributed by atoms with Crippen molar-refractivity contribution in [3.05, 3.63) is 204 Å². The van der Waals surface area contributed by atoms with Gasteiger partial charge in [-0.3, -0.25) is 4.98 Å². The van der Waals surface area contributed by atoms with E-state index >= 15 is 0 Å². The number of fused-ring (bicyclic) bond motifs is 12. The Kier molecular flexibility index (Phi) is 7.64. The van der Waals surface area contributed by atoms with Gasteiger partial charge in [0.05, 0.1) is 22.9 Å². The lowest BCUT2D eigenvalue weighted by atomic mass is 9.87. The number of nitrogens with zero attached hydrogens (tertiary/aromatic N) is 2. The number of aromatic nitrogens is 2. The Bertz CT molecular complexity index is 3920. The molecule has 0 fully saturated rings. The molecular formula is C58H36N2S. The highest BCUT2D eigenvalue weighted by Crippen LogP contribution is 2.44. The molecule has 12 aromatic rings. The molecular weight excluding hydrogens is 757 g/mol. The van der Waals surface area contributed by atoms with Gasteiger partial charge in [-0.15, -0.1) is 11.3 Å². The van der Waals surface area contributed by atoms with Gasteiger partial charge in [-0.25, -0.2) is 4.98 Å². The van der Waals surface area contributed by atoms with Gasteiger partial charge in [-0.05, 0) is 95.1 Å². The van der Waals surface area contributed by atoms with E-state index in [1.165, 1.54) is 102 Å². The molecule has 0 saturated carbocycles.